The molecule has 6 heteroatoms. The van der Waals surface area contributed by atoms with Gasteiger partial charge in [-0.25, -0.2) is 4.79 Å². The molecule has 0 aliphatic heterocycles. The largest absolute Gasteiger partial charge is 0.501 e. The number of hydrogen-bond acceptors (Lipinski definition) is 5. The Morgan fingerprint density at radius 3 is 2.27 bits per heavy atom. The number of carboxylic acids is 1. The highest BCUT2D eigenvalue weighted by atomic mass is 32.2. The lowest BCUT2D eigenvalue weighted by Gasteiger charge is -2.24. The second-order valence-corrected chi connectivity index (χ2v) is 7.83. The fraction of sp³-hybridized carbons (Fsp3) is 0.750. The molecule has 0 saturated heterocycles. The minimum absolute atomic E-state index is 0.0594. The molecule has 0 amide bonds. The topological polar surface area (TPSA) is 72.8 Å². The maximum absolute atomic E-state index is 12.4. The second kappa shape index (κ2) is 9.77. The van der Waals surface area contributed by atoms with Crippen molar-refractivity contribution < 1.29 is 24.2 Å². The molecule has 1 N–H and O–H groups in total. The zero-order valence-electron chi connectivity index (χ0n) is 14.3. The first-order chi connectivity index (χ1) is 10.1. The van der Waals surface area contributed by atoms with Gasteiger partial charge in [0.25, 0.3) is 0 Å². The van der Waals surface area contributed by atoms with Gasteiger partial charge in [-0.05, 0) is 32.4 Å². The summed E-state index contributed by atoms with van der Waals surface area (Å²) in [6.45, 7) is 11.6. The monoisotopic (exact) mass is 332 g/mol. The average Bonchev–Trinajstić information content (AvgIpc) is 2.34. The van der Waals surface area contributed by atoms with E-state index in [1.54, 1.807) is 20.8 Å². The molecule has 0 saturated carbocycles. The number of carbonyl (C=O) groups excluding carboxylic acids is 1. The smallest absolute Gasteiger partial charge is 0.335 e. The molecule has 128 valence electrons. The molecule has 0 aromatic rings. The first-order valence-corrected chi connectivity index (χ1v) is 8.52. The Bertz CT molecular complexity index is 396. The van der Waals surface area contributed by atoms with Crippen molar-refractivity contribution in [2.45, 2.75) is 58.8 Å². The lowest BCUT2D eigenvalue weighted by atomic mass is 10.0. The number of thioether (sulfide) groups is 1. The van der Waals surface area contributed by atoms with Crippen LogP contribution < -0.4 is 0 Å². The third kappa shape index (κ3) is 8.97. The summed E-state index contributed by atoms with van der Waals surface area (Å²) in [4.78, 5) is 23.8. The molecule has 0 aromatic heterocycles. The van der Waals surface area contributed by atoms with Crippen molar-refractivity contribution >= 4 is 23.7 Å². The Kier molecular flexibility index (Phi) is 9.25. The molecular formula is C16H28O5S. The molecule has 22 heavy (non-hydrogen) atoms. The molecule has 0 radical (unpaired) electrons. The van der Waals surface area contributed by atoms with E-state index in [2.05, 4.69) is 0 Å². The predicted octanol–water partition coefficient (Wildman–Crippen LogP) is 3.48. The second-order valence-electron chi connectivity index (χ2n) is 6.22. The molecule has 5 nitrogen and oxygen atoms in total. The molecule has 0 heterocycles. The number of carbonyl (C=O) groups is 2. The van der Waals surface area contributed by atoms with Gasteiger partial charge in [0.1, 0.15) is 11.5 Å². The number of hydrogen-bond donors (Lipinski definition) is 1. The molecule has 0 spiro atoms. The van der Waals surface area contributed by atoms with Crippen LogP contribution in [0.2, 0.25) is 0 Å². The van der Waals surface area contributed by atoms with E-state index in [0.717, 1.165) is 6.42 Å². The fourth-order valence-electron chi connectivity index (χ4n) is 1.49. The first-order valence-electron chi connectivity index (χ1n) is 7.47. The van der Waals surface area contributed by atoms with Gasteiger partial charge in [-0.15, -0.1) is 0 Å². The van der Waals surface area contributed by atoms with Gasteiger partial charge in [0.15, 0.2) is 0 Å². The quantitative estimate of drug-likeness (QED) is 0.302. The van der Waals surface area contributed by atoms with Crippen LogP contribution in [-0.4, -0.2) is 40.3 Å². The Labute approximate surface area is 137 Å². The molecule has 0 unspecified atom stereocenters. The van der Waals surface area contributed by atoms with Gasteiger partial charge in [0.2, 0.25) is 0 Å². The van der Waals surface area contributed by atoms with Gasteiger partial charge in [-0.3, -0.25) is 4.79 Å². The summed E-state index contributed by atoms with van der Waals surface area (Å²) >= 11 is 1.52. The summed E-state index contributed by atoms with van der Waals surface area (Å²) in [6.07, 6.45) is 1.95. The Balaban J connectivity index is 5.26. The van der Waals surface area contributed by atoms with Crippen molar-refractivity contribution in [3.05, 3.63) is 11.8 Å². The van der Waals surface area contributed by atoms with Crippen LogP contribution in [0.1, 0.15) is 48.0 Å². The Morgan fingerprint density at radius 2 is 1.86 bits per heavy atom. The van der Waals surface area contributed by atoms with Crippen LogP contribution in [0.4, 0.5) is 0 Å². The zero-order valence-corrected chi connectivity index (χ0v) is 15.2. The van der Waals surface area contributed by atoms with E-state index in [9.17, 15) is 14.7 Å². The fourth-order valence-corrected chi connectivity index (χ4v) is 2.39. The number of ether oxygens (including phenoxy) is 2. The number of rotatable bonds is 9. The summed E-state index contributed by atoms with van der Waals surface area (Å²) < 4.78 is 10.6. The number of aliphatic carboxylic acids is 1. The van der Waals surface area contributed by atoms with Gasteiger partial charge in [0.05, 0.1) is 18.4 Å². The van der Waals surface area contributed by atoms with Crippen LogP contribution in [0.25, 0.3) is 0 Å². The lowest BCUT2D eigenvalue weighted by molar-refractivity contribution is -0.159. The van der Waals surface area contributed by atoms with E-state index in [-0.39, 0.29) is 10.8 Å². The molecule has 0 aliphatic rings. The third-order valence-corrected chi connectivity index (χ3v) is 3.63. The van der Waals surface area contributed by atoms with Gasteiger partial charge >= 0.3 is 11.9 Å². The standard InChI is InChI=1S/C16H28O5S/c1-7-8-20-9-12(14(17)18)13(10-22-11(2)3)15(19)21-16(4,5)6/h9,11,13H,7-8,10H2,1-6H3,(H,17,18)/t13-/m0/s1. The minimum Gasteiger partial charge on any atom is -0.501 e. The van der Waals surface area contributed by atoms with E-state index in [1.807, 2.05) is 20.8 Å². The molecule has 0 aromatic carbocycles. The minimum atomic E-state index is -1.16. The van der Waals surface area contributed by atoms with Crippen LogP contribution >= 0.6 is 11.8 Å². The van der Waals surface area contributed by atoms with E-state index >= 15 is 0 Å². The number of esters is 1. The normalized spacial score (nSPS) is 13.9. The SMILES string of the molecule is CCCOC=C(C(=O)O)[C@H](CSC(C)C)C(=O)OC(C)(C)C. The summed E-state index contributed by atoms with van der Waals surface area (Å²) in [7, 11) is 0. The van der Waals surface area contributed by atoms with Crippen LogP contribution in [0, 0.1) is 5.92 Å². The summed E-state index contributed by atoms with van der Waals surface area (Å²) in [5.74, 6) is -2.19. The van der Waals surface area contributed by atoms with Gasteiger partial charge < -0.3 is 14.6 Å². The van der Waals surface area contributed by atoms with E-state index in [1.165, 1.54) is 18.0 Å². The van der Waals surface area contributed by atoms with Crippen LogP contribution in [0.5, 0.6) is 0 Å². The molecule has 0 rings (SSSR count). The molecular weight excluding hydrogens is 304 g/mol. The molecule has 1 atom stereocenters. The van der Waals surface area contributed by atoms with Crippen molar-refractivity contribution in [1.29, 1.82) is 0 Å². The highest BCUT2D eigenvalue weighted by Gasteiger charge is 2.32. The van der Waals surface area contributed by atoms with Gasteiger partial charge in [-0.2, -0.15) is 11.8 Å². The lowest BCUT2D eigenvalue weighted by Crippen LogP contribution is -2.33. The van der Waals surface area contributed by atoms with Crippen molar-refractivity contribution in [1.82, 2.24) is 0 Å². The Morgan fingerprint density at radius 1 is 1.27 bits per heavy atom. The highest BCUT2D eigenvalue weighted by Crippen LogP contribution is 2.24. The maximum Gasteiger partial charge on any atom is 0.335 e. The van der Waals surface area contributed by atoms with E-state index < -0.39 is 23.5 Å². The van der Waals surface area contributed by atoms with Gasteiger partial charge in [0, 0.05) is 5.75 Å². The summed E-state index contributed by atoms with van der Waals surface area (Å²) in [5, 5.41) is 9.68. The summed E-state index contributed by atoms with van der Waals surface area (Å²) in [6, 6.07) is 0. The average molecular weight is 332 g/mol. The first kappa shape index (κ1) is 20.8. The highest BCUT2D eigenvalue weighted by molar-refractivity contribution is 7.99. The summed E-state index contributed by atoms with van der Waals surface area (Å²) in [5.41, 5.74) is -0.720. The van der Waals surface area contributed by atoms with E-state index in [0.29, 0.717) is 12.4 Å². The van der Waals surface area contributed by atoms with Crippen LogP contribution in [-0.2, 0) is 19.1 Å². The number of carboxylic acid groups (broad SMARTS) is 1. The maximum atomic E-state index is 12.4. The zero-order chi connectivity index (χ0) is 17.3. The Hall–Kier alpha value is -1.17. The van der Waals surface area contributed by atoms with Crippen molar-refractivity contribution in [3.8, 4) is 0 Å². The van der Waals surface area contributed by atoms with E-state index in [4.69, 9.17) is 9.47 Å². The predicted molar refractivity (Wildman–Crippen MR) is 88.9 cm³/mol. The molecule has 0 aliphatic carbocycles. The molecule has 0 fully saturated rings. The molecule has 0 bridgehead atoms. The van der Waals surface area contributed by atoms with Gasteiger partial charge in [-0.1, -0.05) is 20.8 Å². The van der Waals surface area contributed by atoms with Crippen LogP contribution in [0.3, 0.4) is 0 Å². The van der Waals surface area contributed by atoms with Crippen LogP contribution in [0.15, 0.2) is 11.8 Å². The van der Waals surface area contributed by atoms with Crippen molar-refractivity contribution in [2.24, 2.45) is 5.92 Å². The van der Waals surface area contributed by atoms with Crippen molar-refractivity contribution in [3.63, 3.8) is 0 Å². The third-order valence-electron chi connectivity index (χ3n) is 2.44. The van der Waals surface area contributed by atoms with Crippen molar-refractivity contribution in [2.75, 3.05) is 12.4 Å².